The number of rotatable bonds is 3. The van der Waals surface area contributed by atoms with Crippen LogP contribution in [-0.2, 0) is 14.3 Å². The summed E-state index contributed by atoms with van der Waals surface area (Å²) in [7, 11) is 0. The molecule has 29 heavy (non-hydrogen) atoms. The summed E-state index contributed by atoms with van der Waals surface area (Å²) in [5, 5.41) is 0. The molecule has 0 aliphatic heterocycles. The van der Waals surface area contributed by atoms with Crippen molar-refractivity contribution < 1.29 is 14.3 Å². The summed E-state index contributed by atoms with van der Waals surface area (Å²) in [6.45, 7) is 22.3. The largest absolute Gasteiger partial charge is 0.367 e. The van der Waals surface area contributed by atoms with Crippen LogP contribution in [0.15, 0.2) is 0 Å². The summed E-state index contributed by atoms with van der Waals surface area (Å²) >= 11 is 0. The lowest BCUT2D eigenvalue weighted by Crippen LogP contribution is -2.60. The number of carbonyl (C=O) groups is 2. The van der Waals surface area contributed by atoms with Crippen LogP contribution in [0.4, 0.5) is 0 Å². The van der Waals surface area contributed by atoms with Gasteiger partial charge in [0, 0.05) is 23.7 Å². The SMILES string of the molecule is CC(C)(C)[C@]12CC[C@](OC(C)(C)[C@@]34CC[C@@](C)(CC3=O)C4(C)C)(CC1=O)C2(C)C. The molecular weight excluding hydrogens is 360 g/mol. The number of hydrogen-bond donors (Lipinski definition) is 0. The zero-order valence-corrected chi connectivity index (χ0v) is 20.5. The first kappa shape index (κ1) is 21.5. The molecule has 0 amide bonds. The maximum Gasteiger partial charge on any atom is 0.143 e. The van der Waals surface area contributed by atoms with Gasteiger partial charge in [-0.05, 0) is 55.8 Å². The van der Waals surface area contributed by atoms with Gasteiger partial charge in [0.15, 0.2) is 0 Å². The van der Waals surface area contributed by atoms with Gasteiger partial charge in [-0.2, -0.15) is 0 Å². The van der Waals surface area contributed by atoms with E-state index in [2.05, 4.69) is 69.2 Å². The topological polar surface area (TPSA) is 43.4 Å². The van der Waals surface area contributed by atoms with E-state index in [1.54, 1.807) is 0 Å². The standard InChI is InChI=1S/C26H42O3/c1-19(2,3)25-14-12-24(16-18(25)28,21(25,6)7)29-22(8,9)26-13-11-23(10,15-17(26)27)20(26,4)5/h11-16H2,1-10H3/t23-,24-,25-,26-/m0/s1. The number of ether oxygens (including phenoxy) is 1. The quantitative estimate of drug-likeness (QED) is 0.570. The van der Waals surface area contributed by atoms with Gasteiger partial charge in [0.2, 0.25) is 0 Å². The van der Waals surface area contributed by atoms with Crippen molar-refractivity contribution in [3.8, 4) is 0 Å². The second-order valence-electron chi connectivity index (χ2n) is 13.7. The van der Waals surface area contributed by atoms with Crippen LogP contribution < -0.4 is 0 Å². The van der Waals surface area contributed by atoms with Crippen molar-refractivity contribution in [1.82, 2.24) is 0 Å². The van der Waals surface area contributed by atoms with E-state index in [1.807, 2.05) is 0 Å². The molecule has 0 aromatic carbocycles. The Morgan fingerprint density at radius 1 is 0.690 bits per heavy atom. The molecule has 4 bridgehead atoms. The molecule has 4 saturated carbocycles. The summed E-state index contributed by atoms with van der Waals surface area (Å²) in [5.74, 6) is 0.739. The van der Waals surface area contributed by atoms with Gasteiger partial charge in [-0.1, -0.05) is 55.4 Å². The smallest absolute Gasteiger partial charge is 0.143 e. The van der Waals surface area contributed by atoms with Crippen LogP contribution in [0.3, 0.4) is 0 Å². The highest BCUT2D eigenvalue weighted by atomic mass is 16.5. The van der Waals surface area contributed by atoms with Gasteiger partial charge >= 0.3 is 0 Å². The number of hydrogen-bond acceptors (Lipinski definition) is 3. The van der Waals surface area contributed by atoms with E-state index in [1.165, 1.54) is 0 Å². The molecular formula is C26H42O3. The number of Topliss-reactive ketones (excluding diaryl/α,β-unsaturated/α-hetero) is 2. The van der Waals surface area contributed by atoms with E-state index >= 15 is 0 Å². The Morgan fingerprint density at radius 3 is 1.59 bits per heavy atom. The molecule has 4 aliphatic carbocycles. The Hall–Kier alpha value is -0.700. The van der Waals surface area contributed by atoms with Crippen LogP contribution >= 0.6 is 0 Å². The molecule has 4 rings (SSSR count). The highest BCUT2D eigenvalue weighted by Crippen LogP contribution is 2.77. The predicted octanol–water partition coefficient (Wildman–Crippen LogP) is 6.13. The lowest BCUT2D eigenvalue weighted by molar-refractivity contribution is -0.236. The first-order valence-corrected chi connectivity index (χ1v) is 11.6. The van der Waals surface area contributed by atoms with Gasteiger partial charge in [-0.3, -0.25) is 9.59 Å². The molecule has 0 unspecified atom stereocenters. The van der Waals surface area contributed by atoms with Gasteiger partial charge < -0.3 is 4.74 Å². The molecule has 0 heterocycles. The van der Waals surface area contributed by atoms with Crippen LogP contribution in [0.25, 0.3) is 0 Å². The molecule has 4 atom stereocenters. The third-order valence-electron chi connectivity index (χ3n) is 11.4. The Bertz CT molecular complexity index is 797. The summed E-state index contributed by atoms with van der Waals surface area (Å²) in [5.41, 5.74) is -2.32. The maximum atomic E-state index is 13.5. The monoisotopic (exact) mass is 402 g/mol. The Labute approximate surface area is 177 Å². The molecule has 0 radical (unpaired) electrons. The molecule has 0 N–H and O–H groups in total. The average Bonchev–Trinajstić information content (AvgIpc) is 2.99. The fourth-order valence-electron chi connectivity index (χ4n) is 9.43. The van der Waals surface area contributed by atoms with Crippen molar-refractivity contribution in [2.75, 3.05) is 0 Å². The third-order valence-corrected chi connectivity index (χ3v) is 11.4. The fourth-order valence-corrected chi connectivity index (χ4v) is 9.43. The van der Waals surface area contributed by atoms with Crippen LogP contribution in [-0.4, -0.2) is 22.8 Å². The second kappa shape index (κ2) is 5.19. The normalized spacial score (nSPS) is 45.4. The summed E-state index contributed by atoms with van der Waals surface area (Å²) in [4.78, 5) is 27.0. The van der Waals surface area contributed by atoms with E-state index in [4.69, 9.17) is 4.74 Å². The van der Waals surface area contributed by atoms with Gasteiger partial charge in [0.25, 0.3) is 0 Å². The highest BCUT2D eigenvalue weighted by molar-refractivity contribution is 5.93. The minimum atomic E-state index is -0.600. The van der Waals surface area contributed by atoms with Gasteiger partial charge in [0.1, 0.15) is 11.6 Å². The molecule has 4 fully saturated rings. The zero-order chi connectivity index (χ0) is 22.1. The van der Waals surface area contributed by atoms with Crippen LogP contribution in [0.1, 0.15) is 108 Å². The van der Waals surface area contributed by atoms with E-state index < -0.39 is 16.6 Å². The maximum absolute atomic E-state index is 13.5. The lowest BCUT2D eigenvalue weighted by atomic mass is 9.55. The van der Waals surface area contributed by atoms with E-state index in [0.29, 0.717) is 24.4 Å². The first-order valence-electron chi connectivity index (χ1n) is 11.6. The van der Waals surface area contributed by atoms with Crippen molar-refractivity contribution in [1.29, 1.82) is 0 Å². The molecule has 0 aromatic rings. The Kier molecular flexibility index (Phi) is 3.86. The van der Waals surface area contributed by atoms with E-state index in [9.17, 15) is 9.59 Å². The molecule has 4 aliphatic rings. The highest BCUT2D eigenvalue weighted by Gasteiger charge is 2.80. The molecule has 0 saturated heterocycles. The minimum absolute atomic E-state index is 0.0498. The molecule has 3 nitrogen and oxygen atoms in total. The molecule has 0 spiro atoms. The second-order valence-corrected chi connectivity index (χ2v) is 13.7. The number of carbonyl (C=O) groups excluding carboxylic acids is 2. The minimum Gasteiger partial charge on any atom is -0.367 e. The van der Waals surface area contributed by atoms with E-state index in [-0.39, 0.29) is 27.1 Å². The zero-order valence-electron chi connectivity index (χ0n) is 20.5. The summed E-state index contributed by atoms with van der Waals surface area (Å²) < 4.78 is 7.20. The van der Waals surface area contributed by atoms with E-state index in [0.717, 1.165) is 25.7 Å². The first-order chi connectivity index (χ1) is 12.9. The van der Waals surface area contributed by atoms with Gasteiger partial charge in [-0.15, -0.1) is 0 Å². The Balaban J connectivity index is 1.79. The van der Waals surface area contributed by atoms with Crippen molar-refractivity contribution >= 4 is 11.6 Å². The molecule has 164 valence electrons. The number of fused-ring (bicyclic) bond motifs is 4. The van der Waals surface area contributed by atoms with Crippen LogP contribution in [0.2, 0.25) is 0 Å². The lowest BCUT2D eigenvalue weighted by Gasteiger charge is -2.55. The fraction of sp³-hybridized carbons (Fsp3) is 0.923. The van der Waals surface area contributed by atoms with Crippen LogP contribution in [0.5, 0.6) is 0 Å². The van der Waals surface area contributed by atoms with Crippen LogP contribution in [0, 0.1) is 32.5 Å². The van der Waals surface area contributed by atoms with Crippen molar-refractivity contribution in [3.05, 3.63) is 0 Å². The third kappa shape index (κ3) is 1.92. The summed E-state index contributed by atoms with van der Waals surface area (Å²) in [6.07, 6.45) is 4.93. The molecule has 0 aromatic heterocycles. The van der Waals surface area contributed by atoms with Crippen molar-refractivity contribution in [2.45, 2.75) is 119 Å². The van der Waals surface area contributed by atoms with Crippen molar-refractivity contribution in [2.24, 2.45) is 32.5 Å². The molecule has 3 heteroatoms. The predicted molar refractivity (Wildman–Crippen MR) is 116 cm³/mol. The summed E-state index contributed by atoms with van der Waals surface area (Å²) in [6, 6.07) is 0. The van der Waals surface area contributed by atoms with Gasteiger partial charge in [0.05, 0.1) is 16.6 Å². The van der Waals surface area contributed by atoms with Gasteiger partial charge in [-0.25, -0.2) is 0 Å². The average molecular weight is 403 g/mol. The van der Waals surface area contributed by atoms with Crippen molar-refractivity contribution in [3.63, 3.8) is 0 Å². The Morgan fingerprint density at radius 2 is 1.21 bits per heavy atom. The number of ketones is 2.